The van der Waals surface area contributed by atoms with Crippen LogP contribution in [0.3, 0.4) is 0 Å². The van der Waals surface area contributed by atoms with Crippen LogP contribution in [0.15, 0.2) is 24.3 Å². The zero-order chi connectivity index (χ0) is 8.89. The second-order valence-corrected chi connectivity index (χ2v) is 3.71. The quantitative estimate of drug-likeness (QED) is 0.618. The highest BCUT2D eigenvalue weighted by Gasteiger charge is 2.49. The molecular weight excluding hydrogens is 164 g/mol. The highest BCUT2D eigenvalue weighted by atomic mass is 16.2. The van der Waals surface area contributed by atoms with Gasteiger partial charge in [-0.05, 0) is 18.9 Å². The molecule has 1 aromatic carbocycles. The van der Waals surface area contributed by atoms with E-state index in [9.17, 15) is 4.79 Å². The molecule has 1 spiro atoms. The minimum atomic E-state index is -0.0730. The maximum Gasteiger partial charge on any atom is 0.319 e. The van der Waals surface area contributed by atoms with Gasteiger partial charge >= 0.3 is 6.03 Å². The molecule has 2 amide bonds. The molecule has 0 radical (unpaired) electrons. The summed E-state index contributed by atoms with van der Waals surface area (Å²) in [5.41, 5.74) is 2.16. The molecule has 0 bridgehead atoms. The number of nitrogens with one attached hydrogen (secondary N) is 2. The third kappa shape index (κ3) is 0.869. The van der Waals surface area contributed by atoms with Crippen molar-refractivity contribution < 1.29 is 4.79 Å². The van der Waals surface area contributed by atoms with Crippen LogP contribution in [0.5, 0.6) is 0 Å². The van der Waals surface area contributed by atoms with Crippen molar-refractivity contribution in [3.05, 3.63) is 29.8 Å². The molecule has 1 aliphatic heterocycles. The first-order valence-electron chi connectivity index (χ1n) is 4.49. The van der Waals surface area contributed by atoms with Crippen molar-refractivity contribution >= 4 is 11.7 Å². The van der Waals surface area contributed by atoms with Gasteiger partial charge in [-0.2, -0.15) is 0 Å². The molecule has 1 aromatic rings. The Bertz CT molecular complexity index is 382. The molecule has 1 fully saturated rings. The average Bonchev–Trinajstić information content (AvgIpc) is 2.85. The number of urea groups is 1. The second kappa shape index (κ2) is 2.05. The molecule has 3 nitrogen and oxygen atoms in total. The summed E-state index contributed by atoms with van der Waals surface area (Å²) < 4.78 is 0. The van der Waals surface area contributed by atoms with Gasteiger partial charge in [0.1, 0.15) is 0 Å². The standard InChI is InChI=1S/C10H10N2O/c13-9-11-8-4-2-1-3-7(8)10(12-9)5-6-10/h1-4H,5-6H2,(H2,11,12,13). The molecule has 1 heterocycles. The number of amides is 2. The van der Waals surface area contributed by atoms with E-state index in [2.05, 4.69) is 16.7 Å². The summed E-state index contributed by atoms with van der Waals surface area (Å²) in [4.78, 5) is 11.3. The minimum absolute atomic E-state index is 0.0288. The monoisotopic (exact) mass is 174 g/mol. The lowest BCUT2D eigenvalue weighted by Gasteiger charge is -2.26. The summed E-state index contributed by atoms with van der Waals surface area (Å²) in [6.07, 6.45) is 2.13. The number of benzene rings is 1. The Hall–Kier alpha value is -1.51. The average molecular weight is 174 g/mol. The van der Waals surface area contributed by atoms with Crippen LogP contribution >= 0.6 is 0 Å². The lowest BCUT2D eigenvalue weighted by atomic mass is 10.0. The van der Waals surface area contributed by atoms with Crippen molar-refractivity contribution in [2.75, 3.05) is 5.32 Å². The Balaban J connectivity index is 2.17. The molecule has 0 aromatic heterocycles. The number of para-hydroxylation sites is 1. The van der Waals surface area contributed by atoms with E-state index in [-0.39, 0.29) is 11.6 Å². The van der Waals surface area contributed by atoms with Crippen molar-refractivity contribution in [2.24, 2.45) is 0 Å². The van der Waals surface area contributed by atoms with Crippen molar-refractivity contribution in [3.63, 3.8) is 0 Å². The van der Waals surface area contributed by atoms with Gasteiger partial charge in [0.2, 0.25) is 0 Å². The molecule has 0 saturated heterocycles. The van der Waals surface area contributed by atoms with Gasteiger partial charge in [-0.25, -0.2) is 4.79 Å². The van der Waals surface area contributed by atoms with Gasteiger partial charge in [0.15, 0.2) is 0 Å². The van der Waals surface area contributed by atoms with Crippen LogP contribution < -0.4 is 10.6 Å². The van der Waals surface area contributed by atoms with Crippen molar-refractivity contribution in [1.29, 1.82) is 0 Å². The molecule has 66 valence electrons. The summed E-state index contributed by atoms with van der Waals surface area (Å²) in [6, 6.07) is 7.91. The number of carbonyl (C=O) groups excluding carboxylic acids is 1. The van der Waals surface area contributed by atoms with Crippen molar-refractivity contribution in [3.8, 4) is 0 Å². The van der Waals surface area contributed by atoms with Crippen LogP contribution in [0.4, 0.5) is 10.5 Å². The summed E-state index contributed by atoms with van der Waals surface area (Å²) >= 11 is 0. The number of fused-ring (bicyclic) bond motifs is 2. The van der Waals surface area contributed by atoms with Gasteiger partial charge in [-0.3, -0.25) is 0 Å². The molecule has 3 heteroatoms. The van der Waals surface area contributed by atoms with E-state index >= 15 is 0 Å². The second-order valence-electron chi connectivity index (χ2n) is 3.71. The fourth-order valence-electron chi connectivity index (χ4n) is 1.97. The molecule has 1 saturated carbocycles. The first kappa shape index (κ1) is 6.95. The van der Waals surface area contributed by atoms with E-state index in [1.807, 2.05) is 18.2 Å². The van der Waals surface area contributed by atoms with Crippen LogP contribution in [0, 0.1) is 0 Å². The molecule has 3 rings (SSSR count). The topological polar surface area (TPSA) is 41.1 Å². The van der Waals surface area contributed by atoms with Crippen molar-refractivity contribution in [1.82, 2.24) is 5.32 Å². The largest absolute Gasteiger partial charge is 0.328 e. The number of anilines is 1. The Morgan fingerprint density at radius 3 is 2.77 bits per heavy atom. The Morgan fingerprint density at radius 2 is 2.00 bits per heavy atom. The third-order valence-corrected chi connectivity index (χ3v) is 2.79. The van der Waals surface area contributed by atoms with Gasteiger partial charge in [0.25, 0.3) is 0 Å². The van der Waals surface area contributed by atoms with Crippen LogP contribution in [-0.2, 0) is 5.54 Å². The van der Waals surface area contributed by atoms with Gasteiger partial charge < -0.3 is 10.6 Å². The fourth-order valence-corrected chi connectivity index (χ4v) is 1.97. The summed E-state index contributed by atoms with van der Waals surface area (Å²) in [5.74, 6) is 0. The number of hydrogen-bond donors (Lipinski definition) is 2. The van der Waals surface area contributed by atoms with E-state index in [1.165, 1.54) is 5.56 Å². The molecule has 2 N–H and O–H groups in total. The smallest absolute Gasteiger partial charge is 0.319 e. The van der Waals surface area contributed by atoms with Gasteiger partial charge in [-0.1, -0.05) is 18.2 Å². The van der Waals surface area contributed by atoms with E-state index in [0.29, 0.717) is 0 Å². The zero-order valence-electron chi connectivity index (χ0n) is 7.13. The normalized spacial score (nSPS) is 21.7. The van der Waals surface area contributed by atoms with Crippen LogP contribution in [0.25, 0.3) is 0 Å². The SMILES string of the molecule is O=C1Nc2ccccc2C2(CC2)N1. The predicted octanol–water partition coefficient (Wildman–Crippen LogP) is 1.81. The summed E-state index contributed by atoms with van der Waals surface area (Å²) in [7, 11) is 0. The van der Waals surface area contributed by atoms with E-state index in [4.69, 9.17) is 0 Å². The maximum atomic E-state index is 11.3. The first-order chi connectivity index (χ1) is 6.30. The molecular formula is C10H10N2O. The highest BCUT2D eigenvalue weighted by molar-refractivity contribution is 5.94. The first-order valence-corrected chi connectivity index (χ1v) is 4.49. The highest BCUT2D eigenvalue weighted by Crippen LogP contribution is 2.49. The van der Waals surface area contributed by atoms with Crippen LogP contribution in [0.2, 0.25) is 0 Å². The minimum Gasteiger partial charge on any atom is -0.328 e. The van der Waals surface area contributed by atoms with Gasteiger partial charge in [0, 0.05) is 11.3 Å². The number of carbonyl (C=O) groups is 1. The lowest BCUT2D eigenvalue weighted by molar-refractivity contribution is 0.246. The van der Waals surface area contributed by atoms with Gasteiger partial charge in [-0.15, -0.1) is 0 Å². The zero-order valence-corrected chi connectivity index (χ0v) is 7.13. The molecule has 2 aliphatic rings. The van der Waals surface area contributed by atoms with Crippen LogP contribution in [-0.4, -0.2) is 6.03 Å². The molecule has 1 aliphatic carbocycles. The Labute approximate surface area is 76.1 Å². The lowest BCUT2D eigenvalue weighted by Crippen LogP contribution is -2.42. The molecule has 13 heavy (non-hydrogen) atoms. The predicted molar refractivity (Wildman–Crippen MR) is 49.5 cm³/mol. The van der Waals surface area contributed by atoms with E-state index in [0.717, 1.165) is 18.5 Å². The van der Waals surface area contributed by atoms with E-state index in [1.54, 1.807) is 0 Å². The molecule has 0 unspecified atom stereocenters. The summed E-state index contributed by atoms with van der Waals surface area (Å²) in [5, 5.41) is 5.78. The van der Waals surface area contributed by atoms with E-state index < -0.39 is 0 Å². The fraction of sp³-hybridized carbons (Fsp3) is 0.300. The van der Waals surface area contributed by atoms with Crippen molar-refractivity contribution in [2.45, 2.75) is 18.4 Å². The Morgan fingerprint density at radius 1 is 1.23 bits per heavy atom. The molecule has 0 atom stereocenters. The number of rotatable bonds is 0. The third-order valence-electron chi connectivity index (χ3n) is 2.79. The summed E-state index contributed by atoms with van der Waals surface area (Å²) in [6.45, 7) is 0. The maximum absolute atomic E-state index is 11.3. The van der Waals surface area contributed by atoms with Gasteiger partial charge in [0.05, 0.1) is 5.54 Å². The van der Waals surface area contributed by atoms with Crippen LogP contribution in [0.1, 0.15) is 18.4 Å². The Kier molecular flexibility index (Phi) is 1.09. The number of hydrogen-bond acceptors (Lipinski definition) is 1.